The Morgan fingerprint density at radius 2 is 1.71 bits per heavy atom. The molecule has 0 bridgehead atoms. The fraction of sp³-hybridized carbons (Fsp3) is 0.192. The molecule has 0 N–H and O–H groups in total. The SMILES string of the molecule is COC(=O)c1cccc(N2CC(Oc3ccc(COc4ncccn4)cc3)C2)c1-n1cccc1. The van der Waals surface area contributed by atoms with Crippen LogP contribution in [0.15, 0.2) is 85.5 Å². The Morgan fingerprint density at radius 3 is 2.41 bits per heavy atom. The largest absolute Gasteiger partial charge is 0.487 e. The van der Waals surface area contributed by atoms with Gasteiger partial charge in [-0.05, 0) is 48.0 Å². The van der Waals surface area contributed by atoms with Crippen LogP contribution in [0.2, 0.25) is 0 Å². The number of aromatic nitrogens is 3. The number of esters is 1. The van der Waals surface area contributed by atoms with E-state index in [-0.39, 0.29) is 12.1 Å². The number of ether oxygens (including phenoxy) is 3. The summed E-state index contributed by atoms with van der Waals surface area (Å²) in [6, 6.07) is 19.5. The highest BCUT2D eigenvalue weighted by Gasteiger charge is 2.32. The molecular formula is C26H24N4O4. The number of methoxy groups -OCH3 is 1. The zero-order valence-corrected chi connectivity index (χ0v) is 18.7. The normalized spacial score (nSPS) is 13.3. The number of benzene rings is 2. The second kappa shape index (κ2) is 9.66. The average molecular weight is 457 g/mol. The zero-order chi connectivity index (χ0) is 23.3. The molecule has 0 radical (unpaired) electrons. The molecule has 8 heteroatoms. The molecule has 2 aromatic heterocycles. The summed E-state index contributed by atoms with van der Waals surface area (Å²) in [5.74, 6) is 0.445. The van der Waals surface area contributed by atoms with Crippen molar-refractivity contribution < 1.29 is 19.0 Å². The number of carbonyl (C=O) groups excluding carboxylic acids is 1. The monoisotopic (exact) mass is 456 g/mol. The van der Waals surface area contributed by atoms with Crippen LogP contribution in [0.5, 0.6) is 11.8 Å². The van der Waals surface area contributed by atoms with Crippen molar-refractivity contribution in [2.45, 2.75) is 12.7 Å². The van der Waals surface area contributed by atoms with Crippen molar-refractivity contribution >= 4 is 11.7 Å². The Morgan fingerprint density at radius 1 is 0.971 bits per heavy atom. The van der Waals surface area contributed by atoms with E-state index < -0.39 is 0 Å². The van der Waals surface area contributed by atoms with Crippen LogP contribution in [0.25, 0.3) is 5.69 Å². The number of nitrogens with zero attached hydrogens (tertiary/aromatic N) is 4. The molecule has 0 amide bonds. The van der Waals surface area contributed by atoms with Gasteiger partial charge in [-0.3, -0.25) is 0 Å². The molecule has 3 heterocycles. The number of para-hydroxylation sites is 1. The lowest BCUT2D eigenvalue weighted by Crippen LogP contribution is -2.54. The molecule has 1 fully saturated rings. The third-order valence-electron chi connectivity index (χ3n) is 5.61. The van der Waals surface area contributed by atoms with Crippen molar-refractivity contribution in [3.05, 3.63) is 96.6 Å². The molecule has 4 aromatic rings. The molecule has 0 unspecified atom stereocenters. The summed E-state index contributed by atoms with van der Waals surface area (Å²) >= 11 is 0. The van der Waals surface area contributed by atoms with Gasteiger partial charge >= 0.3 is 12.0 Å². The van der Waals surface area contributed by atoms with E-state index in [1.807, 2.05) is 65.5 Å². The second-order valence-electron chi connectivity index (χ2n) is 7.86. The molecule has 1 aliphatic rings. The lowest BCUT2D eigenvalue weighted by Gasteiger charge is -2.41. The van der Waals surface area contributed by atoms with E-state index in [4.69, 9.17) is 14.2 Å². The maximum Gasteiger partial charge on any atom is 0.340 e. The maximum atomic E-state index is 12.4. The standard InChI is InChI=1S/C26H24N4O4/c1-32-25(31)22-6-4-7-23(24(22)29-14-2-3-15-29)30-16-21(17-30)34-20-10-8-19(9-11-20)18-33-26-27-12-5-13-28-26/h2-15,21H,16-18H2,1H3. The topological polar surface area (TPSA) is 78.7 Å². The van der Waals surface area contributed by atoms with Gasteiger partial charge in [0.1, 0.15) is 18.5 Å². The molecule has 0 spiro atoms. The van der Waals surface area contributed by atoms with Crippen LogP contribution in [0.4, 0.5) is 5.69 Å². The molecular weight excluding hydrogens is 432 g/mol. The van der Waals surface area contributed by atoms with Gasteiger partial charge in [0.05, 0.1) is 37.1 Å². The van der Waals surface area contributed by atoms with E-state index in [0.29, 0.717) is 18.2 Å². The number of hydrogen-bond donors (Lipinski definition) is 0. The number of carbonyl (C=O) groups is 1. The van der Waals surface area contributed by atoms with E-state index in [1.54, 1.807) is 24.5 Å². The van der Waals surface area contributed by atoms with Crippen molar-refractivity contribution in [2.24, 2.45) is 0 Å². The Kier molecular flexibility index (Phi) is 6.11. The van der Waals surface area contributed by atoms with Crippen LogP contribution in [0, 0.1) is 0 Å². The third-order valence-corrected chi connectivity index (χ3v) is 5.61. The Bertz CT molecular complexity index is 1240. The molecule has 1 saturated heterocycles. The van der Waals surface area contributed by atoms with E-state index >= 15 is 0 Å². The highest BCUT2D eigenvalue weighted by atomic mass is 16.5. The maximum absolute atomic E-state index is 12.4. The minimum Gasteiger partial charge on any atom is -0.487 e. The molecule has 8 nitrogen and oxygen atoms in total. The summed E-state index contributed by atoms with van der Waals surface area (Å²) in [5, 5.41) is 0. The van der Waals surface area contributed by atoms with Gasteiger partial charge in [-0.25, -0.2) is 14.8 Å². The van der Waals surface area contributed by atoms with Gasteiger partial charge in [0, 0.05) is 24.8 Å². The Labute approximate surface area is 197 Å². The zero-order valence-electron chi connectivity index (χ0n) is 18.7. The highest BCUT2D eigenvalue weighted by Crippen LogP contribution is 2.33. The molecule has 0 aliphatic carbocycles. The first-order chi connectivity index (χ1) is 16.7. The van der Waals surface area contributed by atoms with Gasteiger partial charge < -0.3 is 23.7 Å². The summed E-state index contributed by atoms with van der Waals surface area (Å²) < 4.78 is 18.7. The Hall–Kier alpha value is -4.33. The molecule has 172 valence electrons. The summed E-state index contributed by atoms with van der Waals surface area (Å²) in [6.45, 7) is 1.82. The van der Waals surface area contributed by atoms with Crippen LogP contribution in [0.1, 0.15) is 15.9 Å². The lowest BCUT2D eigenvalue weighted by atomic mass is 10.1. The first-order valence-corrected chi connectivity index (χ1v) is 11.0. The van der Waals surface area contributed by atoms with Crippen LogP contribution in [-0.4, -0.2) is 46.8 Å². The predicted molar refractivity (Wildman–Crippen MR) is 127 cm³/mol. The molecule has 5 rings (SSSR count). The fourth-order valence-electron chi connectivity index (χ4n) is 3.89. The lowest BCUT2D eigenvalue weighted by molar-refractivity contribution is 0.0600. The Balaban J connectivity index is 1.22. The molecule has 34 heavy (non-hydrogen) atoms. The predicted octanol–water partition coefficient (Wildman–Crippen LogP) is 3.90. The van der Waals surface area contributed by atoms with Crippen LogP contribution < -0.4 is 14.4 Å². The van der Waals surface area contributed by atoms with Crippen LogP contribution in [0.3, 0.4) is 0 Å². The minimum absolute atomic E-state index is 0.0547. The number of rotatable bonds is 8. The van der Waals surface area contributed by atoms with Gasteiger partial charge in [0.15, 0.2) is 0 Å². The van der Waals surface area contributed by atoms with Gasteiger partial charge in [0.25, 0.3) is 0 Å². The van der Waals surface area contributed by atoms with Crippen molar-refractivity contribution in [1.82, 2.24) is 14.5 Å². The van der Waals surface area contributed by atoms with Crippen molar-refractivity contribution in [3.63, 3.8) is 0 Å². The third kappa shape index (κ3) is 4.56. The molecule has 0 atom stereocenters. The minimum atomic E-state index is -0.359. The number of hydrogen-bond acceptors (Lipinski definition) is 7. The first-order valence-electron chi connectivity index (χ1n) is 11.0. The van der Waals surface area contributed by atoms with Gasteiger partial charge in [-0.1, -0.05) is 18.2 Å². The summed E-state index contributed by atoms with van der Waals surface area (Å²) in [5.41, 5.74) is 3.31. The molecule has 1 aliphatic heterocycles. The molecule has 2 aromatic carbocycles. The fourth-order valence-corrected chi connectivity index (χ4v) is 3.89. The van der Waals surface area contributed by atoms with E-state index in [1.165, 1.54) is 7.11 Å². The van der Waals surface area contributed by atoms with Crippen molar-refractivity contribution in [2.75, 3.05) is 25.1 Å². The van der Waals surface area contributed by atoms with Crippen LogP contribution in [-0.2, 0) is 11.3 Å². The van der Waals surface area contributed by atoms with Crippen molar-refractivity contribution in [1.29, 1.82) is 0 Å². The highest BCUT2D eigenvalue weighted by molar-refractivity contribution is 5.96. The van der Waals surface area contributed by atoms with Gasteiger partial charge in [-0.15, -0.1) is 0 Å². The molecule has 0 saturated carbocycles. The summed E-state index contributed by atoms with van der Waals surface area (Å²) in [7, 11) is 1.40. The summed E-state index contributed by atoms with van der Waals surface area (Å²) in [6.07, 6.45) is 7.20. The second-order valence-corrected chi connectivity index (χ2v) is 7.86. The van der Waals surface area contributed by atoms with Crippen molar-refractivity contribution in [3.8, 4) is 17.4 Å². The smallest absolute Gasteiger partial charge is 0.340 e. The van der Waals surface area contributed by atoms with Gasteiger partial charge in [-0.2, -0.15) is 0 Å². The average Bonchev–Trinajstić information content (AvgIpc) is 3.40. The van der Waals surface area contributed by atoms with Crippen LogP contribution >= 0.6 is 0 Å². The number of anilines is 1. The quantitative estimate of drug-likeness (QED) is 0.372. The van der Waals surface area contributed by atoms with E-state index in [2.05, 4.69) is 14.9 Å². The summed E-state index contributed by atoms with van der Waals surface area (Å²) in [4.78, 5) is 22.7. The van der Waals surface area contributed by atoms with Gasteiger partial charge in [0.2, 0.25) is 0 Å². The van der Waals surface area contributed by atoms with E-state index in [9.17, 15) is 4.79 Å². The first kappa shape index (κ1) is 21.5. The van der Waals surface area contributed by atoms with E-state index in [0.717, 1.165) is 35.8 Å².